The number of nitrogens with zero attached hydrogens (tertiary/aromatic N) is 1. The minimum atomic E-state index is -3.63. The van der Waals surface area contributed by atoms with E-state index in [9.17, 15) is 13.2 Å². The van der Waals surface area contributed by atoms with Crippen molar-refractivity contribution < 1.29 is 8.42 Å². The average Bonchev–Trinajstić information content (AvgIpc) is 2.36. The summed E-state index contributed by atoms with van der Waals surface area (Å²) in [5, 5.41) is 0. The van der Waals surface area contributed by atoms with Crippen LogP contribution in [0.3, 0.4) is 0 Å². The van der Waals surface area contributed by atoms with Gasteiger partial charge in [0.25, 0.3) is 15.6 Å². The van der Waals surface area contributed by atoms with Gasteiger partial charge >= 0.3 is 0 Å². The lowest BCUT2D eigenvalue weighted by atomic mass is 10.3. The number of hydrogen-bond acceptors (Lipinski definition) is 3. The molecule has 0 saturated carbocycles. The standard InChI is InChI=1S/C13H14N2O3S/c1-10-8-11(9-15(2)13(10)16)14-19(17,18)12-6-4-3-5-7-12/h3-9,14H,1-2H3. The van der Waals surface area contributed by atoms with Crippen LogP contribution >= 0.6 is 0 Å². The second kappa shape index (κ2) is 4.89. The Morgan fingerprint density at radius 3 is 2.37 bits per heavy atom. The van der Waals surface area contributed by atoms with Crippen LogP contribution in [-0.2, 0) is 17.1 Å². The van der Waals surface area contributed by atoms with Gasteiger partial charge in [0.2, 0.25) is 0 Å². The van der Waals surface area contributed by atoms with Crippen LogP contribution in [0, 0.1) is 6.92 Å². The van der Waals surface area contributed by atoms with E-state index in [1.165, 1.54) is 29.0 Å². The third-order valence-electron chi connectivity index (χ3n) is 2.67. The number of aryl methyl sites for hydroxylation is 2. The molecule has 6 heteroatoms. The lowest BCUT2D eigenvalue weighted by molar-refractivity contribution is 0.601. The van der Waals surface area contributed by atoms with Crippen molar-refractivity contribution in [3.63, 3.8) is 0 Å². The molecule has 0 aliphatic carbocycles. The molecule has 0 aliphatic heterocycles. The molecular formula is C13H14N2O3S. The van der Waals surface area contributed by atoms with Gasteiger partial charge in [-0.05, 0) is 25.1 Å². The van der Waals surface area contributed by atoms with E-state index in [-0.39, 0.29) is 10.5 Å². The maximum atomic E-state index is 12.1. The highest BCUT2D eigenvalue weighted by atomic mass is 32.2. The van der Waals surface area contributed by atoms with Crippen LogP contribution in [0.25, 0.3) is 0 Å². The lowest BCUT2D eigenvalue weighted by Crippen LogP contribution is -2.21. The highest BCUT2D eigenvalue weighted by Crippen LogP contribution is 2.15. The Bertz CT molecular complexity index is 723. The summed E-state index contributed by atoms with van der Waals surface area (Å²) in [5.74, 6) is 0. The number of nitrogens with one attached hydrogen (secondary N) is 1. The summed E-state index contributed by atoms with van der Waals surface area (Å²) in [7, 11) is -2.05. The molecule has 0 amide bonds. The number of aromatic nitrogens is 1. The van der Waals surface area contributed by atoms with Crippen molar-refractivity contribution in [3.05, 3.63) is 58.5 Å². The number of sulfonamides is 1. The van der Waals surface area contributed by atoms with Gasteiger partial charge in [-0.15, -0.1) is 0 Å². The molecule has 0 spiro atoms. The molecular weight excluding hydrogens is 264 g/mol. The zero-order chi connectivity index (χ0) is 14.0. The summed E-state index contributed by atoms with van der Waals surface area (Å²) < 4.78 is 28.0. The fraction of sp³-hybridized carbons (Fsp3) is 0.154. The molecule has 2 rings (SSSR count). The zero-order valence-electron chi connectivity index (χ0n) is 10.6. The molecule has 100 valence electrons. The Kier molecular flexibility index (Phi) is 3.44. The summed E-state index contributed by atoms with van der Waals surface area (Å²) in [4.78, 5) is 11.7. The van der Waals surface area contributed by atoms with Gasteiger partial charge in [-0.3, -0.25) is 9.52 Å². The molecule has 1 aromatic heterocycles. The number of anilines is 1. The van der Waals surface area contributed by atoms with E-state index in [1.807, 2.05) is 0 Å². The molecule has 19 heavy (non-hydrogen) atoms. The quantitative estimate of drug-likeness (QED) is 0.925. The maximum Gasteiger partial charge on any atom is 0.261 e. The van der Waals surface area contributed by atoms with Crippen molar-refractivity contribution in [1.82, 2.24) is 4.57 Å². The largest absolute Gasteiger partial charge is 0.316 e. The van der Waals surface area contributed by atoms with E-state index in [2.05, 4.69) is 4.72 Å². The van der Waals surface area contributed by atoms with Gasteiger partial charge in [0, 0.05) is 18.8 Å². The van der Waals surface area contributed by atoms with Crippen molar-refractivity contribution in [2.75, 3.05) is 4.72 Å². The van der Waals surface area contributed by atoms with Gasteiger partial charge in [0.15, 0.2) is 0 Å². The normalized spacial score (nSPS) is 11.3. The van der Waals surface area contributed by atoms with Crippen molar-refractivity contribution in [2.45, 2.75) is 11.8 Å². The van der Waals surface area contributed by atoms with E-state index in [4.69, 9.17) is 0 Å². The van der Waals surface area contributed by atoms with E-state index >= 15 is 0 Å². The Balaban J connectivity index is 2.39. The molecule has 1 N–H and O–H groups in total. The fourth-order valence-corrected chi connectivity index (χ4v) is 2.80. The first kappa shape index (κ1) is 13.4. The third-order valence-corrected chi connectivity index (χ3v) is 4.07. The highest BCUT2D eigenvalue weighted by molar-refractivity contribution is 7.92. The fourth-order valence-electron chi connectivity index (χ4n) is 1.75. The Labute approximate surface area is 111 Å². The summed E-state index contributed by atoms with van der Waals surface area (Å²) in [6, 6.07) is 9.59. The van der Waals surface area contributed by atoms with Crippen LogP contribution in [0.5, 0.6) is 0 Å². The van der Waals surface area contributed by atoms with Gasteiger partial charge in [0.1, 0.15) is 0 Å². The molecule has 0 aliphatic rings. The van der Waals surface area contributed by atoms with E-state index in [0.29, 0.717) is 11.3 Å². The molecule has 0 saturated heterocycles. The van der Waals surface area contributed by atoms with Crippen LogP contribution in [0.15, 0.2) is 52.3 Å². The zero-order valence-corrected chi connectivity index (χ0v) is 11.4. The number of hydrogen-bond donors (Lipinski definition) is 1. The summed E-state index contributed by atoms with van der Waals surface area (Å²) in [5.41, 5.74) is 0.696. The van der Waals surface area contributed by atoms with Crippen LogP contribution in [0.4, 0.5) is 5.69 Å². The minimum Gasteiger partial charge on any atom is -0.316 e. The smallest absolute Gasteiger partial charge is 0.261 e. The third kappa shape index (κ3) is 2.85. The molecule has 0 radical (unpaired) electrons. The molecule has 1 aromatic carbocycles. The van der Waals surface area contributed by atoms with E-state index < -0.39 is 10.0 Å². The predicted molar refractivity (Wildman–Crippen MR) is 73.7 cm³/mol. The van der Waals surface area contributed by atoms with E-state index in [0.717, 1.165) is 0 Å². The average molecular weight is 278 g/mol. The molecule has 0 unspecified atom stereocenters. The number of benzene rings is 1. The van der Waals surface area contributed by atoms with Crippen LogP contribution < -0.4 is 10.3 Å². The van der Waals surface area contributed by atoms with Gasteiger partial charge in [0.05, 0.1) is 10.6 Å². The highest BCUT2D eigenvalue weighted by Gasteiger charge is 2.14. The first-order chi connectivity index (χ1) is 8.90. The summed E-state index contributed by atoms with van der Waals surface area (Å²) in [6.07, 6.45) is 1.45. The van der Waals surface area contributed by atoms with Crippen molar-refractivity contribution in [3.8, 4) is 0 Å². The van der Waals surface area contributed by atoms with Crippen LogP contribution in [0.2, 0.25) is 0 Å². The SMILES string of the molecule is Cc1cc(NS(=O)(=O)c2ccccc2)cn(C)c1=O. The molecule has 5 nitrogen and oxygen atoms in total. The molecule has 0 bridgehead atoms. The van der Waals surface area contributed by atoms with Gasteiger partial charge in [-0.2, -0.15) is 0 Å². The topological polar surface area (TPSA) is 68.2 Å². The Morgan fingerprint density at radius 1 is 1.16 bits per heavy atom. The van der Waals surface area contributed by atoms with Gasteiger partial charge < -0.3 is 4.57 Å². The Morgan fingerprint density at radius 2 is 1.79 bits per heavy atom. The minimum absolute atomic E-state index is 0.150. The second-order valence-electron chi connectivity index (χ2n) is 4.25. The predicted octanol–water partition coefficient (Wildman–Crippen LogP) is 1.49. The maximum absolute atomic E-state index is 12.1. The molecule has 0 atom stereocenters. The van der Waals surface area contributed by atoms with E-state index in [1.54, 1.807) is 32.2 Å². The summed E-state index contributed by atoms with van der Waals surface area (Å²) in [6.45, 7) is 1.64. The first-order valence-corrected chi connectivity index (χ1v) is 7.13. The number of pyridine rings is 1. The van der Waals surface area contributed by atoms with Crippen molar-refractivity contribution in [1.29, 1.82) is 0 Å². The lowest BCUT2D eigenvalue weighted by Gasteiger charge is -2.10. The molecule has 2 aromatic rings. The molecule has 0 fully saturated rings. The van der Waals surface area contributed by atoms with Gasteiger partial charge in [-0.25, -0.2) is 8.42 Å². The monoisotopic (exact) mass is 278 g/mol. The molecule has 1 heterocycles. The second-order valence-corrected chi connectivity index (χ2v) is 5.93. The van der Waals surface area contributed by atoms with Crippen LogP contribution in [0.1, 0.15) is 5.56 Å². The van der Waals surface area contributed by atoms with Crippen LogP contribution in [-0.4, -0.2) is 13.0 Å². The first-order valence-electron chi connectivity index (χ1n) is 5.65. The van der Waals surface area contributed by atoms with Gasteiger partial charge in [-0.1, -0.05) is 18.2 Å². The number of rotatable bonds is 3. The Hall–Kier alpha value is -2.08. The van der Waals surface area contributed by atoms with Crippen molar-refractivity contribution in [2.24, 2.45) is 7.05 Å². The van der Waals surface area contributed by atoms with Crippen molar-refractivity contribution >= 4 is 15.7 Å². The summed E-state index contributed by atoms with van der Waals surface area (Å²) >= 11 is 0.